The van der Waals surface area contributed by atoms with Gasteiger partial charge < -0.3 is 14.6 Å². The van der Waals surface area contributed by atoms with Crippen LogP contribution in [0.3, 0.4) is 0 Å². The Morgan fingerprint density at radius 2 is 1.59 bits per heavy atom. The number of nitrogens with zero attached hydrogens (tertiary/aromatic N) is 2. The second kappa shape index (κ2) is 7.26. The second-order valence-corrected chi connectivity index (χ2v) is 7.43. The van der Waals surface area contributed by atoms with E-state index >= 15 is 0 Å². The van der Waals surface area contributed by atoms with E-state index in [2.05, 4.69) is 15.1 Å². The molecular formula is C24H16F3N3O2. The number of fused-ring (bicyclic) bond motifs is 1. The molecule has 5 rings (SSSR count). The summed E-state index contributed by atoms with van der Waals surface area (Å²) in [7, 11) is 0. The van der Waals surface area contributed by atoms with Crippen molar-refractivity contribution in [2.45, 2.75) is 13.1 Å². The molecular weight excluding hydrogens is 419 g/mol. The predicted octanol–water partition coefficient (Wildman–Crippen LogP) is 6.58. The molecule has 0 saturated carbocycles. The number of hydrogen-bond acceptors (Lipinski definition) is 4. The Balaban J connectivity index is 1.53. The molecule has 2 heterocycles. The van der Waals surface area contributed by atoms with E-state index in [0.29, 0.717) is 34.1 Å². The molecule has 0 bridgehead atoms. The van der Waals surface area contributed by atoms with Gasteiger partial charge in [-0.25, -0.2) is 0 Å². The third kappa shape index (κ3) is 3.60. The number of nitrogens with one attached hydrogen (secondary N) is 1. The Kier molecular flexibility index (Phi) is 4.51. The summed E-state index contributed by atoms with van der Waals surface area (Å²) >= 11 is 0. The van der Waals surface area contributed by atoms with Crippen molar-refractivity contribution in [3.63, 3.8) is 0 Å². The summed E-state index contributed by atoms with van der Waals surface area (Å²) < 4.78 is 43.6. The molecule has 5 aromatic rings. The molecule has 5 nitrogen and oxygen atoms in total. The lowest BCUT2D eigenvalue weighted by molar-refractivity contribution is -0.137. The number of H-pyrrole nitrogens is 1. The second-order valence-electron chi connectivity index (χ2n) is 7.43. The normalized spacial score (nSPS) is 11.9. The summed E-state index contributed by atoms with van der Waals surface area (Å²) in [6.07, 6.45) is -4.39. The molecule has 0 radical (unpaired) electrons. The summed E-state index contributed by atoms with van der Waals surface area (Å²) in [5.74, 6) is 1.01. The van der Waals surface area contributed by atoms with E-state index < -0.39 is 11.7 Å². The van der Waals surface area contributed by atoms with Crippen molar-refractivity contribution in [2.24, 2.45) is 0 Å². The lowest BCUT2D eigenvalue weighted by Gasteiger charge is -2.09. The lowest BCUT2D eigenvalue weighted by Crippen LogP contribution is -2.03. The van der Waals surface area contributed by atoms with Gasteiger partial charge in [-0.15, -0.1) is 0 Å². The Morgan fingerprint density at radius 1 is 0.875 bits per heavy atom. The van der Waals surface area contributed by atoms with Gasteiger partial charge in [-0.05, 0) is 59.7 Å². The monoisotopic (exact) mass is 435 g/mol. The largest absolute Gasteiger partial charge is 0.507 e. The van der Waals surface area contributed by atoms with E-state index in [-0.39, 0.29) is 5.75 Å². The molecule has 0 aliphatic rings. The highest BCUT2D eigenvalue weighted by Gasteiger charge is 2.30. The van der Waals surface area contributed by atoms with Gasteiger partial charge in [0.25, 0.3) is 0 Å². The molecule has 0 unspecified atom stereocenters. The molecule has 8 heteroatoms. The van der Waals surface area contributed by atoms with Crippen LogP contribution in [0.4, 0.5) is 13.2 Å². The molecule has 0 saturated heterocycles. The lowest BCUT2D eigenvalue weighted by atomic mass is 9.99. The topological polar surface area (TPSA) is 74.9 Å². The van der Waals surface area contributed by atoms with Gasteiger partial charge in [0.15, 0.2) is 0 Å². The minimum absolute atomic E-state index is 0.0567. The van der Waals surface area contributed by atoms with Gasteiger partial charge in [-0.1, -0.05) is 23.4 Å². The maximum atomic E-state index is 12.8. The summed E-state index contributed by atoms with van der Waals surface area (Å²) in [5.41, 5.74) is 3.45. The number of phenols is 1. The zero-order valence-electron chi connectivity index (χ0n) is 16.7. The zero-order chi connectivity index (χ0) is 22.5. The standard InChI is InChI=1S/C24H16F3N3O2/c1-13-28-23(30-32-13)16-4-8-20-17(10-16)12-21(29-20)19-11-15(5-9-22(19)31)14-2-6-18(7-3-14)24(25,26)27/h2-12,29,31H,1H3. The number of alkyl halides is 3. The smallest absolute Gasteiger partial charge is 0.416 e. The number of halogens is 3. The first-order valence-electron chi connectivity index (χ1n) is 9.72. The minimum Gasteiger partial charge on any atom is -0.507 e. The van der Waals surface area contributed by atoms with Crippen LogP contribution in [0.1, 0.15) is 11.5 Å². The summed E-state index contributed by atoms with van der Waals surface area (Å²) in [4.78, 5) is 7.51. The Labute approximate surface area is 180 Å². The summed E-state index contributed by atoms with van der Waals surface area (Å²) in [6, 6.07) is 17.4. The number of rotatable bonds is 3. The van der Waals surface area contributed by atoms with Crippen LogP contribution in [-0.2, 0) is 6.18 Å². The number of aromatic nitrogens is 3. The molecule has 0 amide bonds. The van der Waals surface area contributed by atoms with Crippen molar-refractivity contribution in [1.29, 1.82) is 0 Å². The third-order valence-corrected chi connectivity index (χ3v) is 5.24. The number of aromatic amines is 1. The van der Waals surface area contributed by atoms with Crippen molar-refractivity contribution in [3.8, 4) is 39.5 Å². The molecule has 0 aliphatic heterocycles. The molecule has 32 heavy (non-hydrogen) atoms. The first kappa shape index (κ1) is 19.9. The van der Waals surface area contributed by atoms with Crippen molar-refractivity contribution in [2.75, 3.05) is 0 Å². The van der Waals surface area contributed by atoms with Crippen LogP contribution in [0.2, 0.25) is 0 Å². The third-order valence-electron chi connectivity index (χ3n) is 5.24. The quantitative estimate of drug-likeness (QED) is 0.335. The van der Waals surface area contributed by atoms with Gasteiger partial charge >= 0.3 is 6.18 Å². The van der Waals surface area contributed by atoms with Crippen LogP contribution < -0.4 is 0 Å². The summed E-state index contributed by atoms with van der Waals surface area (Å²) in [6.45, 7) is 1.72. The number of benzene rings is 3. The van der Waals surface area contributed by atoms with Crippen molar-refractivity contribution in [1.82, 2.24) is 15.1 Å². The van der Waals surface area contributed by atoms with Gasteiger partial charge in [0.1, 0.15) is 5.75 Å². The van der Waals surface area contributed by atoms with Gasteiger partial charge in [0, 0.05) is 29.0 Å². The van der Waals surface area contributed by atoms with E-state index in [1.807, 2.05) is 24.3 Å². The molecule has 0 spiro atoms. The Bertz CT molecular complexity index is 1430. The number of hydrogen-bond donors (Lipinski definition) is 2. The van der Waals surface area contributed by atoms with Crippen LogP contribution in [0.15, 0.2) is 71.3 Å². The van der Waals surface area contributed by atoms with Gasteiger partial charge in [-0.3, -0.25) is 0 Å². The molecule has 2 N–H and O–H groups in total. The van der Waals surface area contributed by atoms with Crippen LogP contribution in [0.5, 0.6) is 5.75 Å². The first-order chi connectivity index (χ1) is 15.3. The van der Waals surface area contributed by atoms with Gasteiger partial charge in [-0.2, -0.15) is 18.2 Å². The van der Waals surface area contributed by atoms with Crippen molar-refractivity contribution < 1.29 is 22.8 Å². The average Bonchev–Trinajstić information content (AvgIpc) is 3.39. The fourth-order valence-corrected chi connectivity index (χ4v) is 3.62. The van der Waals surface area contributed by atoms with Crippen LogP contribution >= 0.6 is 0 Å². The minimum atomic E-state index is -4.39. The van der Waals surface area contributed by atoms with E-state index in [1.54, 1.807) is 19.1 Å². The average molecular weight is 435 g/mol. The zero-order valence-corrected chi connectivity index (χ0v) is 16.7. The molecule has 0 atom stereocenters. The fraction of sp³-hybridized carbons (Fsp3) is 0.0833. The molecule has 160 valence electrons. The summed E-state index contributed by atoms with van der Waals surface area (Å²) in [5, 5.41) is 15.3. The van der Waals surface area contributed by atoms with E-state index in [9.17, 15) is 18.3 Å². The molecule has 0 aliphatic carbocycles. The number of aromatic hydroxyl groups is 1. The maximum absolute atomic E-state index is 12.8. The highest BCUT2D eigenvalue weighted by molar-refractivity contribution is 5.90. The van der Waals surface area contributed by atoms with Crippen molar-refractivity contribution in [3.05, 3.63) is 78.2 Å². The highest BCUT2D eigenvalue weighted by Crippen LogP contribution is 2.36. The first-order valence-corrected chi connectivity index (χ1v) is 9.72. The van der Waals surface area contributed by atoms with Crippen LogP contribution in [0, 0.1) is 6.92 Å². The highest BCUT2D eigenvalue weighted by atomic mass is 19.4. The molecule has 3 aromatic carbocycles. The maximum Gasteiger partial charge on any atom is 0.416 e. The number of phenolic OH excluding ortho intramolecular Hbond substituents is 1. The van der Waals surface area contributed by atoms with E-state index in [1.165, 1.54) is 18.2 Å². The molecule has 0 fully saturated rings. The number of aryl methyl sites for hydroxylation is 1. The molecule has 2 aromatic heterocycles. The Morgan fingerprint density at radius 3 is 2.28 bits per heavy atom. The Hall–Kier alpha value is -4.07. The van der Waals surface area contributed by atoms with Crippen molar-refractivity contribution >= 4 is 10.9 Å². The van der Waals surface area contributed by atoms with Crippen LogP contribution in [0.25, 0.3) is 44.7 Å². The fourth-order valence-electron chi connectivity index (χ4n) is 3.62. The van der Waals surface area contributed by atoms with E-state index in [4.69, 9.17) is 4.52 Å². The van der Waals surface area contributed by atoms with Crippen LogP contribution in [-0.4, -0.2) is 20.2 Å². The van der Waals surface area contributed by atoms with Gasteiger partial charge in [0.2, 0.25) is 11.7 Å². The SMILES string of the molecule is Cc1nc(-c2ccc3[nH]c(-c4cc(-c5ccc(C(F)(F)F)cc5)ccc4O)cc3c2)no1. The van der Waals surface area contributed by atoms with E-state index in [0.717, 1.165) is 28.6 Å². The predicted molar refractivity (Wildman–Crippen MR) is 114 cm³/mol. The van der Waals surface area contributed by atoms with Gasteiger partial charge in [0.05, 0.1) is 11.3 Å².